The molecule has 1 aromatic rings. The van der Waals surface area contributed by atoms with Crippen LogP contribution in [0.5, 0.6) is 0 Å². The van der Waals surface area contributed by atoms with Crippen molar-refractivity contribution in [1.82, 2.24) is 10.2 Å². The Labute approximate surface area is 124 Å². The van der Waals surface area contributed by atoms with E-state index in [4.69, 9.17) is 4.74 Å². The van der Waals surface area contributed by atoms with E-state index in [1.165, 1.54) is 5.56 Å². The first-order valence-electron chi connectivity index (χ1n) is 7.80. The molecule has 0 saturated heterocycles. The van der Waals surface area contributed by atoms with Gasteiger partial charge in [0.25, 0.3) is 0 Å². The molecule has 1 atom stereocenters. The van der Waals surface area contributed by atoms with Crippen LogP contribution in [0, 0.1) is 0 Å². The Morgan fingerprint density at radius 1 is 1.10 bits per heavy atom. The molecule has 0 spiro atoms. The quantitative estimate of drug-likeness (QED) is 0.666. The topological polar surface area (TPSA) is 24.5 Å². The number of hydrogen-bond acceptors (Lipinski definition) is 3. The molecule has 3 heteroatoms. The first-order valence-corrected chi connectivity index (χ1v) is 7.80. The molecule has 0 aromatic heterocycles. The molecule has 0 aliphatic heterocycles. The van der Waals surface area contributed by atoms with Gasteiger partial charge in [-0.1, -0.05) is 44.2 Å². The monoisotopic (exact) mass is 278 g/mol. The zero-order chi connectivity index (χ0) is 14.8. The maximum atomic E-state index is 5.57. The number of nitrogens with one attached hydrogen (secondary N) is 1. The van der Waals surface area contributed by atoms with Crippen molar-refractivity contribution in [2.75, 3.05) is 32.8 Å². The number of likely N-dealkylation sites (N-methyl/N-ethyl adjacent to an activating group) is 1. The van der Waals surface area contributed by atoms with Crippen LogP contribution in [-0.2, 0) is 4.74 Å². The van der Waals surface area contributed by atoms with Gasteiger partial charge < -0.3 is 10.1 Å². The molecule has 0 amide bonds. The predicted octanol–water partition coefficient (Wildman–Crippen LogP) is 3.08. The Morgan fingerprint density at radius 2 is 1.75 bits per heavy atom. The van der Waals surface area contributed by atoms with E-state index in [2.05, 4.69) is 68.2 Å². The van der Waals surface area contributed by atoms with Crippen molar-refractivity contribution < 1.29 is 4.74 Å². The lowest BCUT2D eigenvalue weighted by atomic mass is 10.1. The van der Waals surface area contributed by atoms with E-state index in [0.29, 0.717) is 12.1 Å². The van der Waals surface area contributed by atoms with Gasteiger partial charge in [0.2, 0.25) is 0 Å². The van der Waals surface area contributed by atoms with E-state index in [9.17, 15) is 0 Å². The normalized spacial score (nSPS) is 13.1. The molecule has 114 valence electrons. The summed E-state index contributed by atoms with van der Waals surface area (Å²) in [6.45, 7) is 13.4. The van der Waals surface area contributed by atoms with Crippen LogP contribution >= 0.6 is 0 Å². The van der Waals surface area contributed by atoms with Crippen molar-refractivity contribution in [3.05, 3.63) is 35.9 Å². The molecule has 1 aromatic carbocycles. The van der Waals surface area contributed by atoms with E-state index in [0.717, 1.165) is 32.8 Å². The maximum absolute atomic E-state index is 5.57. The maximum Gasteiger partial charge on any atom is 0.0594 e. The van der Waals surface area contributed by atoms with Crippen molar-refractivity contribution in [3.63, 3.8) is 0 Å². The average Bonchev–Trinajstić information content (AvgIpc) is 2.46. The van der Waals surface area contributed by atoms with Gasteiger partial charge in [-0.3, -0.25) is 4.90 Å². The van der Waals surface area contributed by atoms with Crippen LogP contribution in [0.3, 0.4) is 0 Å². The number of hydrogen-bond donors (Lipinski definition) is 1. The molecular formula is C17H30N2O. The SMILES string of the molecule is CCN(CC)C(CNCCOC(C)C)c1ccccc1. The molecular weight excluding hydrogens is 248 g/mol. The summed E-state index contributed by atoms with van der Waals surface area (Å²) in [6, 6.07) is 11.2. The van der Waals surface area contributed by atoms with Gasteiger partial charge in [0.05, 0.1) is 12.7 Å². The first kappa shape index (κ1) is 17.2. The molecule has 1 unspecified atom stereocenters. The highest BCUT2D eigenvalue weighted by Gasteiger charge is 2.16. The predicted molar refractivity (Wildman–Crippen MR) is 86.1 cm³/mol. The van der Waals surface area contributed by atoms with Gasteiger partial charge in [-0.2, -0.15) is 0 Å². The lowest BCUT2D eigenvalue weighted by Crippen LogP contribution is -2.37. The molecule has 0 saturated carbocycles. The van der Waals surface area contributed by atoms with E-state index in [1.807, 2.05) is 0 Å². The highest BCUT2D eigenvalue weighted by molar-refractivity contribution is 5.19. The molecule has 0 aliphatic rings. The molecule has 0 heterocycles. The zero-order valence-electron chi connectivity index (χ0n) is 13.4. The summed E-state index contributed by atoms with van der Waals surface area (Å²) in [7, 11) is 0. The van der Waals surface area contributed by atoms with E-state index in [1.54, 1.807) is 0 Å². The molecule has 0 radical (unpaired) electrons. The second-order valence-electron chi connectivity index (χ2n) is 5.27. The Bertz CT molecular complexity index is 336. The fourth-order valence-electron chi connectivity index (χ4n) is 2.40. The van der Waals surface area contributed by atoms with Gasteiger partial charge in [0, 0.05) is 19.1 Å². The summed E-state index contributed by atoms with van der Waals surface area (Å²) >= 11 is 0. The summed E-state index contributed by atoms with van der Waals surface area (Å²) in [4.78, 5) is 2.49. The summed E-state index contributed by atoms with van der Waals surface area (Å²) in [5.74, 6) is 0. The summed E-state index contributed by atoms with van der Waals surface area (Å²) < 4.78 is 5.57. The van der Waals surface area contributed by atoms with E-state index < -0.39 is 0 Å². The van der Waals surface area contributed by atoms with Crippen LogP contribution in [-0.4, -0.2) is 43.8 Å². The third kappa shape index (κ3) is 6.04. The molecule has 0 bridgehead atoms. The molecule has 20 heavy (non-hydrogen) atoms. The summed E-state index contributed by atoms with van der Waals surface area (Å²) in [5.41, 5.74) is 1.38. The van der Waals surface area contributed by atoms with E-state index >= 15 is 0 Å². The summed E-state index contributed by atoms with van der Waals surface area (Å²) in [5, 5.41) is 3.52. The van der Waals surface area contributed by atoms with Crippen molar-refractivity contribution in [1.29, 1.82) is 0 Å². The van der Waals surface area contributed by atoms with Gasteiger partial charge in [-0.25, -0.2) is 0 Å². The van der Waals surface area contributed by atoms with Crippen molar-refractivity contribution >= 4 is 0 Å². The number of rotatable bonds is 10. The Morgan fingerprint density at radius 3 is 2.30 bits per heavy atom. The zero-order valence-corrected chi connectivity index (χ0v) is 13.4. The Hall–Kier alpha value is -0.900. The lowest BCUT2D eigenvalue weighted by molar-refractivity contribution is 0.0794. The van der Waals surface area contributed by atoms with Gasteiger partial charge in [-0.05, 0) is 32.5 Å². The fraction of sp³-hybridized carbons (Fsp3) is 0.647. The first-order chi connectivity index (χ1) is 9.69. The molecule has 3 nitrogen and oxygen atoms in total. The van der Waals surface area contributed by atoms with Crippen LogP contribution in [0.4, 0.5) is 0 Å². The molecule has 1 rings (SSSR count). The summed E-state index contributed by atoms with van der Waals surface area (Å²) in [6.07, 6.45) is 0.310. The highest BCUT2D eigenvalue weighted by Crippen LogP contribution is 2.19. The van der Waals surface area contributed by atoms with Gasteiger partial charge in [0.1, 0.15) is 0 Å². The smallest absolute Gasteiger partial charge is 0.0594 e. The van der Waals surface area contributed by atoms with Crippen LogP contribution in [0.15, 0.2) is 30.3 Å². The van der Waals surface area contributed by atoms with Crippen LogP contribution in [0.25, 0.3) is 0 Å². The van der Waals surface area contributed by atoms with Crippen LogP contribution in [0.2, 0.25) is 0 Å². The second kappa shape index (κ2) is 9.92. The largest absolute Gasteiger partial charge is 0.377 e. The minimum Gasteiger partial charge on any atom is -0.377 e. The lowest BCUT2D eigenvalue weighted by Gasteiger charge is -2.30. The minimum atomic E-state index is 0.310. The second-order valence-corrected chi connectivity index (χ2v) is 5.27. The van der Waals surface area contributed by atoms with Crippen molar-refractivity contribution in [2.45, 2.75) is 39.8 Å². The van der Waals surface area contributed by atoms with Gasteiger partial charge in [0.15, 0.2) is 0 Å². The Balaban J connectivity index is 2.51. The van der Waals surface area contributed by atoms with Crippen molar-refractivity contribution in [2.24, 2.45) is 0 Å². The number of nitrogens with zero attached hydrogens (tertiary/aromatic N) is 1. The van der Waals surface area contributed by atoms with Gasteiger partial charge >= 0.3 is 0 Å². The third-order valence-corrected chi connectivity index (χ3v) is 3.51. The van der Waals surface area contributed by atoms with E-state index in [-0.39, 0.29) is 0 Å². The van der Waals surface area contributed by atoms with Crippen molar-refractivity contribution in [3.8, 4) is 0 Å². The molecule has 0 aliphatic carbocycles. The Kier molecular flexibility index (Phi) is 8.51. The highest BCUT2D eigenvalue weighted by atomic mass is 16.5. The van der Waals surface area contributed by atoms with Crippen LogP contribution in [0.1, 0.15) is 39.3 Å². The fourth-order valence-corrected chi connectivity index (χ4v) is 2.40. The molecule has 1 N–H and O–H groups in total. The average molecular weight is 278 g/mol. The number of benzene rings is 1. The van der Waals surface area contributed by atoms with Gasteiger partial charge in [-0.15, -0.1) is 0 Å². The third-order valence-electron chi connectivity index (χ3n) is 3.51. The van der Waals surface area contributed by atoms with Crippen LogP contribution < -0.4 is 5.32 Å². The molecule has 0 fully saturated rings. The standard InChI is InChI=1S/C17H30N2O/c1-5-19(6-2)17(16-10-8-7-9-11-16)14-18-12-13-20-15(3)4/h7-11,15,17-18H,5-6,12-14H2,1-4H3. The number of ether oxygens (including phenoxy) is 1. The minimum absolute atomic E-state index is 0.310.